The number of anilines is 1. The van der Waals surface area contributed by atoms with Crippen LogP contribution in [0.1, 0.15) is 33.1 Å². The van der Waals surface area contributed by atoms with Crippen molar-refractivity contribution in [1.82, 2.24) is 20.5 Å². The van der Waals surface area contributed by atoms with Gasteiger partial charge in [-0.3, -0.25) is 9.89 Å². The first-order valence-corrected chi connectivity index (χ1v) is 12.3. The summed E-state index contributed by atoms with van der Waals surface area (Å²) in [5.41, 5.74) is 3.46. The van der Waals surface area contributed by atoms with Gasteiger partial charge in [-0.2, -0.15) is 0 Å². The topological polar surface area (TPSA) is 83.1 Å². The van der Waals surface area contributed by atoms with E-state index in [4.69, 9.17) is 28.6 Å². The maximum Gasteiger partial charge on any atom is 0.291 e. The van der Waals surface area contributed by atoms with Crippen LogP contribution in [0, 0.1) is 11.8 Å². The molecule has 0 spiro atoms. The summed E-state index contributed by atoms with van der Waals surface area (Å²) in [6, 6.07) is 22.3. The average molecular weight is 528 g/mol. The third kappa shape index (κ3) is 5.80. The van der Waals surface area contributed by atoms with Gasteiger partial charge in [0.05, 0.1) is 5.69 Å². The summed E-state index contributed by atoms with van der Waals surface area (Å²) in [6.07, 6.45) is 0.548. The molecule has 0 saturated heterocycles. The lowest BCUT2D eigenvalue weighted by Gasteiger charge is -2.23. The SMILES string of the molecule is CN1C(=S)[C@@H](NC(=O)c2n[nH]c(Cc3ccccc3)n2)COc2ccc(C#Cc3cccc(Cl)c3)cc21. The highest BCUT2D eigenvalue weighted by Gasteiger charge is 2.29. The second-order valence-electron chi connectivity index (χ2n) is 8.45. The smallest absolute Gasteiger partial charge is 0.291 e. The number of fused-ring (bicyclic) bond motifs is 1. The van der Waals surface area contributed by atoms with Crippen molar-refractivity contribution in [3.8, 4) is 17.6 Å². The highest BCUT2D eigenvalue weighted by Crippen LogP contribution is 2.32. The van der Waals surface area contributed by atoms with Gasteiger partial charge in [0.1, 0.15) is 29.2 Å². The second-order valence-corrected chi connectivity index (χ2v) is 9.30. The first-order chi connectivity index (χ1) is 18.0. The van der Waals surface area contributed by atoms with Gasteiger partial charge in [-0.1, -0.05) is 72.1 Å². The number of aromatic amines is 1. The molecule has 184 valence electrons. The number of benzene rings is 3. The maximum atomic E-state index is 12.9. The number of rotatable bonds is 4. The van der Waals surface area contributed by atoms with E-state index in [0.717, 1.165) is 22.4 Å². The van der Waals surface area contributed by atoms with E-state index in [1.54, 1.807) is 0 Å². The minimum atomic E-state index is -0.544. The average Bonchev–Trinajstić information content (AvgIpc) is 3.34. The Hall–Kier alpha value is -4.19. The quantitative estimate of drug-likeness (QED) is 0.302. The Morgan fingerprint density at radius 2 is 1.92 bits per heavy atom. The van der Waals surface area contributed by atoms with Crippen LogP contribution >= 0.6 is 23.8 Å². The molecule has 1 aromatic heterocycles. The standard InChI is InChI=1S/C28H22ClN5O2S/c1-34-23-15-20(11-10-19-8-5-9-21(29)14-19)12-13-24(23)36-17-22(28(34)37)30-27(35)26-31-25(32-33-26)16-18-6-3-2-4-7-18/h2-9,12-15,22H,16-17H2,1H3,(H,30,35)(H,31,32,33)/t22-/m0/s1. The molecule has 0 bridgehead atoms. The molecule has 0 unspecified atom stereocenters. The third-order valence-corrected chi connectivity index (χ3v) is 6.58. The number of carbonyl (C=O) groups excluding carboxylic acids is 1. The number of carbonyl (C=O) groups is 1. The normalized spacial score (nSPS) is 14.6. The van der Waals surface area contributed by atoms with Crippen LogP contribution in [-0.4, -0.2) is 45.8 Å². The van der Waals surface area contributed by atoms with E-state index in [0.29, 0.717) is 28.0 Å². The van der Waals surface area contributed by atoms with Gasteiger partial charge < -0.3 is 15.0 Å². The van der Waals surface area contributed by atoms with Crippen LogP contribution in [0.2, 0.25) is 5.02 Å². The Bertz CT molecular complexity index is 1530. The van der Waals surface area contributed by atoms with Gasteiger partial charge in [0.25, 0.3) is 5.91 Å². The van der Waals surface area contributed by atoms with Crippen molar-refractivity contribution in [2.45, 2.75) is 12.5 Å². The lowest BCUT2D eigenvalue weighted by Crippen LogP contribution is -2.48. The van der Waals surface area contributed by atoms with E-state index in [2.05, 4.69) is 32.3 Å². The zero-order valence-electron chi connectivity index (χ0n) is 19.9. The monoisotopic (exact) mass is 527 g/mol. The molecule has 37 heavy (non-hydrogen) atoms. The summed E-state index contributed by atoms with van der Waals surface area (Å²) < 4.78 is 6.00. The fraction of sp³-hybridized carbons (Fsp3) is 0.143. The van der Waals surface area contributed by atoms with Crippen molar-refractivity contribution in [2.75, 3.05) is 18.6 Å². The molecular formula is C28H22ClN5O2S. The number of nitrogens with zero attached hydrogens (tertiary/aromatic N) is 3. The lowest BCUT2D eigenvalue weighted by molar-refractivity contribution is 0.0927. The number of amides is 1. The number of H-pyrrole nitrogens is 1. The van der Waals surface area contributed by atoms with Crippen molar-refractivity contribution >= 4 is 40.4 Å². The Morgan fingerprint density at radius 3 is 2.70 bits per heavy atom. The summed E-state index contributed by atoms with van der Waals surface area (Å²) in [7, 11) is 1.84. The Labute approximate surface area is 224 Å². The highest BCUT2D eigenvalue weighted by atomic mass is 35.5. The lowest BCUT2D eigenvalue weighted by atomic mass is 10.1. The van der Waals surface area contributed by atoms with E-state index >= 15 is 0 Å². The number of hydrogen-bond donors (Lipinski definition) is 2. The molecular weight excluding hydrogens is 506 g/mol. The van der Waals surface area contributed by atoms with Crippen molar-refractivity contribution < 1.29 is 9.53 Å². The second kappa shape index (κ2) is 10.8. The molecule has 1 amide bonds. The van der Waals surface area contributed by atoms with Crippen LogP contribution in [-0.2, 0) is 6.42 Å². The van der Waals surface area contributed by atoms with Crippen LogP contribution in [0.3, 0.4) is 0 Å². The van der Waals surface area contributed by atoms with Crippen LogP contribution in [0.4, 0.5) is 5.69 Å². The van der Waals surface area contributed by atoms with E-state index in [-0.39, 0.29) is 12.4 Å². The van der Waals surface area contributed by atoms with Crippen molar-refractivity contribution in [3.63, 3.8) is 0 Å². The number of nitrogens with one attached hydrogen (secondary N) is 2. The molecule has 2 N–H and O–H groups in total. The molecule has 1 atom stereocenters. The van der Waals surface area contributed by atoms with Crippen LogP contribution in [0.5, 0.6) is 5.75 Å². The molecule has 1 aliphatic rings. The van der Waals surface area contributed by atoms with E-state index in [9.17, 15) is 4.79 Å². The van der Waals surface area contributed by atoms with E-state index in [1.165, 1.54) is 0 Å². The Morgan fingerprint density at radius 1 is 1.14 bits per heavy atom. The zero-order chi connectivity index (χ0) is 25.8. The first kappa shape index (κ1) is 24.5. The van der Waals surface area contributed by atoms with Gasteiger partial charge in [0.15, 0.2) is 0 Å². The molecule has 5 rings (SSSR count). The molecule has 1 aliphatic heterocycles. The van der Waals surface area contributed by atoms with Gasteiger partial charge >= 0.3 is 0 Å². The van der Waals surface area contributed by atoms with Gasteiger partial charge in [-0.05, 0) is 42.0 Å². The molecule has 0 saturated carbocycles. The minimum Gasteiger partial charge on any atom is -0.489 e. The van der Waals surface area contributed by atoms with Gasteiger partial charge in [0.2, 0.25) is 5.82 Å². The van der Waals surface area contributed by atoms with Crippen LogP contribution < -0.4 is 15.0 Å². The van der Waals surface area contributed by atoms with Crippen molar-refractivity contribution in [2.24, 2.45) is 0 Å². The number of thiocarbonyl (C=S) groups is 1. The third-order valence-electron chi connectivity index (χ3n) is 5.78. The summed E-state index contributed by atoms with van der Waals surface area (Å²) in [6.45, 7) is 0.177. The fourth-order valence-electron chi connectivity index (χ4n) is 3.88. The van der Waals surface area contributed by atoms with Crippen molar-refractivity contribution in [3.05, 3.63) is 106 Å². The molecule has 9 heteroatoms. The van der Waals surface area contributed by atoms with Crippen LogP contribution in [0.25, 0.3) is 0 Å². The number of aromatic nitrogens is 3. The summed E-state index contributed by atoms with van der Waals surface area (Å²) in [5, 5.41) is 10.5. The fourth-order valence-corrected chi connectivity index (χ4v) is 4.29. The highest BCUT2D eigenvalue weighted by molar-refractivity contribution is 7.80. The molecule has 4 aromatic rings. The molecule has 0 aliphatic carbocycles. The summed E-state index contributed by atoms with van der Waals surface area (Å²) in [5.74, 6) is 7.15. The Balaban J connectivity index is 1.28. The largest absolute Gasteiger partial charge is 0.489 e. The minimum absolute atomic E-state index is 0.0525. The molecule has 0 fully saturated rings. The van der Waals surface area contributed by atoms with Gasteiger partial charge in [-0.25, -0.2) is 4.98 Å². The van der Waals surface area contributed by atoms with Gasteiger partial charge in [0, 0.05) is 29.6 Å². The van der Waals surface area contributed by atoms with E-state index in [1.807, 2.05) is 84.7 Å². The number of ether oxygens (including phenoxy) is 1. The number of hydrogen-bond acceptors (Lipinski definition) is 5. The Kier molecular flexibility index (Phi) is 7.17. The summed E-state index contributed by atoms with van der Waals surface area (Å²) in [4.78, 5) is 19.6. The zero-order valence-corrected chi connectivity index (χ0v) is 21.4. The molecule has 3 aromatic carbocycles. The predicted molar refractivity (Wildman–Crippen MR) is 147 cm³/mol. The number of likely N-dealkylation sites (N-methyl/N-ethyl adjacent to an activating group) is 1. The molecule has 0 radical (unpaired) electrons. The van der Waals surface area contributed by atoms with E-state index < -0.39 is 11.9 Å². The molecule has 7 nitrogen and oxygen atoms in total. The molecule has 2 heterocycles. The first-order valence-electron chi connectivity index (χ1n) is 11.5. The predicted octanol–water partition coefficient (Wildman–Crippen LogP) is 4.40. The van der Waals surface area contributed by atoms with Crippen LogP contribution in [0.15, 0.2) is 72.8 Å². The maximum absolute atomic E-state index is 12.9. The van der Waals surface area contributed by atoms with Crippen molar-refractivity contribution in [1.29, 1.82) is 0 Å². The van der Waals surface area contributed by atoms with Gasteiger partial charge in [-0.15, -0.1) is 5.10 Å². The number of halogens is 1. The summed E-state index contributed by atoms with van der Waals surface area (Å²) >= 11 is 11.8.